The average Bonchev–Trinajstić information content (AvgIpc) is 1.63. The Kier molecular flexibility index (Phi) is 17.9. The van der Waals surface area contributed by atoms with E-state index in [0.29, 0.717) is 100 Å². The van der Waals surface area contributed by atoms with E-state index in [1.165, 1.54) is 22.3 Å². The van der Waals surface area contributed by atoms with Gasteiger partial charge >= 0.3 is 0 Å². The predicted molar refractivity (Wildman–Crippen MR) is 340 cm³/mol. The monoisotopic (exact) mass is 1280 g/mol. The third-order valence-corrected chi connectivity index (χ3v) is 25.2. The molecule has 4 heterocycles. The van der Waals surface area contributed by atoms with E-state index in [2.05, 4.69) is 67.8 Å². The summed E-state index contributed by atoms with van der Waals surface area (Å²) in [5.74, 6) is 1.71. The Morgan fingerprint density at radius 2 is 1.01 bits per heavy atom. The lowest BCUT2D eigenvalue weighted by Crippen LogP contribution is -2.49. The highest BCUT2D eigenvalue weighted by atomic mass is 35.5. The summed E-state index contributed by atoms with van der Waals surface area (Å²) in [6.45, 7) is 6.15. The van der Waals surface area contributed by atoms with E-state index in [9.17, 15) is 26.4 Å². The Hall–Kier alpha value is -5.18. The Morgan fingerprint density at radius 3 is 1.42 bits per heavy atom. The van der Waals surface area contributed by atoms with E-state index < -0.39 is 42.4 Å². The average molecular weight is 1280 g/mol. The molecular formula is C68H82Cl2N4O12S2. The molecule has 4 aromatic rings. The van der Waals surface area contributed by atoms with Gasteiger partial charge in [0, 0.05) is 72.4 Å². The molecule has 4 fully saturated rings. The van der Waals surface area contributed by atoms with Gasteiger partial charge in [0.2, 0.25) is 20.0 Å². The van der Waals surface area contributed by atoms with Crippen molar-refractivity contribution in [3.63, 3.8) is 0 Å². The molecule has 12 atom stereocenters. The summed E-state index contributed by atoms with van der Waals surface area (Å²) in [4.78, 5) is 31.5. The van der Waals surface area contributed by atoms with E-state index in [1.54, 1.807) is 26.4 Å². The fourth-order valence-electron chi connectivity index (χ4n) is 15.8. The van der Waals surface area contributed by atoms with Crippen LogP contribution in [0.1, 0.15) is 120 Å². The molecule has 472 valence electrons. The highest BCUT2D eigenvalue weighted by Gasteiger charge is 2.51. The number of nitrogens with zero attached hydrogens (tertiary/aromatic N) is 2. The zero-order chi connectivity index (χ0) is 61.0. The Balaban J connectivity index is 0.000000162. The van der Waals surface area contributed by atoms with E-state index in [0.717, 1.165) is 123 Å². The van der Waals surface area contributed by atoms with Crippen LogP contribution in [0.3, 0.4) is 0 Å². The van der Waals surface area contributed by atoms with Gasteiger partial charge in [0.15, 0.2) is 0 Å². The van der Waals surface area contributed by atoms with Crippen molar-refractivity contribution in [1.82, 2.24) is 9.44 Å². The largest absolute Gasteiger partial charge is 0.490 e. The smallest absolute Gasteiger partial charge is 0.264 e. The highest BCUT2D eigenvalue weighted by Crippen LogP contribution is 2.51. The number of hydrogen-bond donors (Lipinski definition) is 2. The lowest BCUT2D eigenvalue weighted by Gasteiger charge is -2.46. The first-order valence-corrected chi connectivity index (χ1v) is 35.7. The van der Waals surface area contributed by atoms with Crippen molar-refractivity contribution in [2.75, 3.05) is 89.8 Å². The molecule has 2 spiro atoms. The number of allylic oxidation sites excluding steroid dienone is 2. The molecule has 4 saturated carbocycles. The Bertz CT molecular complexity index is 3360. The van der Waals surface area contributed by atoms with Crippen LogP contribution in [-0.2, 0) is 62.7 Å². The van der Waals surface area contributed by atoms with Gasteiger partial charge in [-0.2, -0.15) is 0 Å². The third kappa shape index (κ3) is 12.8. The quantitative estimate of drug-likeness (QED) is 0.125. The number of carbonyl (C=O) groups excluding carboxylic acids is 2. The minimum atomic E-state index is -3.79. The summed E-state index contributed by atoms with van der Waals surface area (Å²) in [5, 5.41) is 0.371. The second-order valence-corrected chi connectivity index (χ2v) is 31.3. The van der Waals surface area contributed by atoms with Gasteiger partial charge in [-0.1, -0.05) is 59.6 Å². The highest BCUT2D eigenvalue weighted by molar-refractivity contribution is 7.91. The van der Waals surface area contributed by atoms with E-state index in [1.807, 2.05) is 36.4 Å². The molecule has 4 aliphatic heterocycles. The van der Waals surface area contributed by atoms with Crippen LogP contribution in [0.15, 0.2) is 97.1 Å². The summed E-state index contributed by atoms with van der Waals surface area (Å²) in [7, 11) is -4.22. The normalized spacial score (nSPS) is 33.0. The van der Waals surface area contributed by atoms with Crippen molar-refractivity contribution < 1.29 is 54.8 Å². The maximum Gasteiger partial charge on any atom is 0.264 e. The molecule has 0 saturated heterocycles. The standard InChI is InChI=1S/2C34H41ClN2O6S/c2*1-41-14-15-42-30-6-2-4-23-18-32(23)44(39,40)36-33(38)24-8-12-31-29(17-24)37(19-25-7-10-27(25)30)20-34(21-43-31)13-3-5-22-16-26(35)9-11-28(22)34/h2*2,6,8-9,11-12,16-17,23,25,27,30,32H,3-5,7,10,13-15,18-21H2,1H3,(H,36,38)/b2*6-2+/t23-,25+,27-,30+,32-,34+;23-,25-,27+,30-,32-,34-/m10/s1. The third-order valence-electron chi connectivity index (χ3n) is 21.0. The van der Waals surface area contributed by atoms with Crippen molar-refractivity contribution in [2.45, 2.75) is 123 Å². The fraction of sp³-hybridized carbons (Fsp3) is 0.559. The number of halogens is 2. The number of hydrogen-bond acceptors (Lipinski definition) is 14. The van der Waals surface area contributed by atoms with Gasteiger partial charge in [-0.3, -0.25) is 9.59 Å². The van der Waals surface area contributed by atoms with Crippen molar-refractivity contribution in [3.8, 4) is 11.5 Å². The number of amides is 2. The maximum absolute atomic E-state index is 13.3. The molecule has 10 aliphatic rings. The Labute approximate surface area is 528 Å². The number of rotatable bonds is 8. The number of anilines is 2. The molecule has 2 amide bonds. The van der Waals surface area contributed by atoms with Crippen molar-refractivity contribution in [3.05, 3.63) is 141 Å². The SMILES string of the molecule is COCCO[C@H]1/C=C/C[C@@H]2C[C@H]2S(=O)(=O)NC(=O)c2ccc3c(c2)N(C[C@@H]2CC[C@H]21)C[C@@]1(CCCc2cc(Cl)ccc21)CO3.COCCO[C@H]1/C=C/C[C@H]2C[C@@H]2S(=O)(=O)NC(=O)c2ccc3c(c2)N(C[C@@H]2CC[C@H]21)C[C@@]1(CCCc2cc(Cl)ccc21)CO3. The van der Waals surface area contributed by atoms with E-state index >= 15 is 0 Å². The zero-order valence-electron chi connectivity index (χ0n) is 50.3. The second kappa shape index (κ2) is 25.5. The number of methoxy groups -OCH3 is 2. The lowest BCUT2D eigenvalue weighted by molar-refractivity contribution is -0.0310. The number of fused-ring (bicyclic) bond motifs is 10. The predicted octanol–water partition coefficient (Wildman–Crippen LogP) is 10.6. The molecule has 20 heteroatoms. The van der Waals surface area contributed by atoms with Crippen LogP contribution < -0.4 is 28.7 Å². The summed E-state index contributed by atoms with van der Waals surface area (Å²) in [6, 6.07) is 23.1. The number of carbonyl (C=O) groups is 2. The zero-order valence-corrected chi connectivity index (χ0v) is 53.5. The first-order chi connectivity index (χ1) is 42.5. The molecule has 4 aromatic carbocycles. The minimum Gasteiger partial charge on any atom is -0.490 e. The Morgan fingerprint density at radius 1 is 0.568 bits per heavy atom. The fourth-order valence-corrected chi connectivity index (χ4v) is 19.4. The molecule has 0 aromatic heterocycles. The summed E-state index contributed by atoms with van der Waals surface area (Å²) in [5.41, 5.74) is 6.95. The summed E-state index contributed by atoms with van der Waals surface area (Å²) < 4.78 is 93.8. The molecule has 88 heavy (non-hydrogen) atoms. The topological polar surface area (TPSA) is 188 Å². The molecule has 4 bridgehead atoms. The summed E-state index contributed by atoms with van der Waals surface area (Å²) in [6.07, 6.45) is 21.1. The van der Waals surface area contributed by atoms with Crippen molar-refractivity contribution >= 4 is 66.4 Å². The maximum atomic E-state index is 13.3. The number of aryl methyl sites for hydroxylation is 2. The minimum absolute atomic E-state index is 0.00153. The van der Waals surface area contributed by atoms with Gasteiger partial charge < -0.3 is 38.2 Å². The number of benzene rings is 4. The van der Waals surface area contributed by atoms with Crippen LogP contribution in [-0.4, -0.2) is 131 Å². The summed E-state index contributed by atoms with van der Waals surface area (Å²) >= 11 is 12.8. The van der Waals surface area contributed by atoms with Crippen molar-refractivity contribution in [1.29, 1.82) is 0 Å². The van der Waals surface area contributed by atoms with E-state index in [-0.39, 0.29) is 34.9 Å². The first-order valence-electron chi connectivity index (χ1n) is 31.8. The molecular weight excluding hydrogens is 1200 g/mol. The number of sulfonamides is 2. The molecule has 2 N–H and O–H groups in total. The van der Waals surface area contributed by atoms with Crippen LogP contribution in [0.2, 0.25) is 10.0 Å². The molecule has 0 radical (unpaired) electrons. The van der Waals surface area contributed by atoms with E-state index in [4.69, 9.17) is 51.6 Å². The number of nitrogens with one attached hydrogen (secondary N) is 2. The lowest BCUT2D eigenvalue weighted by atomic mass is 9.68. The van der Waals surface area contributed by atoms with Crippen LogP contribution in [0.5, 0.6) is 11.5 Å². The van der Waals surface area contributed by atoms with Gasteiger partial charge in [0.1, 0.15) is 11.5 Å². The molecule has 16 nitrogen and oxygen atoms in total. The van der Waals surface area contributed by atoms with Gasteiger partial charge in [-0.25, -0.2) is 26.3 Å². The van der Waals surface area contributed by atoms with Crippen LogP contribution >= 0.6 is 23.2 Å². The first kappa shape index (κ1) is 61.7. The molecule has 0 unspecified atom stereocenters. The molecule has 14 rings (SSSR count). The van der Waals surface area contributed by atoms with Gasteiger partial charge in [0.05, 0.1) is 73.7 Å². The molecule has 6 aliphatic carbocycles. The van der Waals surface area contributed by atoms with Gasteiger partial charge in [-0.15, -0.1) is 0 Å². The van der Waals surface area contributed by atoms with Gasteiger partial charge in [0.25, 0.3) is 11.8 Å². The van der Waals surface area contributed by atoms with Crippen LogP contribution in [0.25, 0.3) is 0 Å². The van der Waals surface area contributed by atoms with Crippen LogP contribution in [0.4, 0.5) is 11.4 Å². The van der Waals surface area contributed by atoms with Gasteiger partial charge in [-0.05, 0) is 208 Å². The van der Waals surface area contributed by atoms with Crippen LogP contribution in [0, 0.1) is 35.5 Å². The van der Waals surface area contributed by atoms with Crippen molar-refractivity contribution in [2.24, 2.45) is 35.5 Å². The number of ether oxygens (including phenoxy) is 6. The second-order valence-electron chi connectivity index (χ2n) is 26.6.